The zero-order chi connectivity index (χ0) is 26.5. The van der Waals surface area contributed by atoms with Gasteiger partial charge in [-0.3, -0.25) is 19.7 Å². The number of thiophene rings is 1. The van der Waals surface area contributed by atoms with Gasteiger partial charge in [0.2, 0.25) is 5.91 Å². The van der Waals surface area contributed by atoms with Crippen molar-refractivity contribution in [1.82, 2.24) is 9.80 Å². The number of carbonyl (C=O) groups is 2. The summed E-state index contributed by atoms with van der Waals surface area (Å²) in [5.41, 5.74) is 3.85. The molecule has 2 aromatic carbocycles. The van der Waals surface area contributed by atoms with Gasteiger partial charge in [0.15, 0.2) is 0 Å². The van der Waals surface area contributed by atoms with Crippen LogP contribution in [0.2, 0.25) is 0 Å². The normalized spacial score (nSPS) is 14.8. The van der Waals surface area contributed by atoms with E-state index in [0.29, 0.717) is 31.7 Å². The zero-order valence-corrected chi connectivity index (χ0v) is 22.1. The van der Waals surface area contributed by atoms with Crippen LogP contribution >= 0.6 is 11.3 Å². The summed E-state index contributed by atoms with van der Waals surface area (Å²) in [6, 6.07) is 14.4. The standard InChI is InChI=1S/C28H31N3O5S/c1-19-7-4-5-8-22(19)27-23-12-16-37-25(23)11-14-30(27)26(32)18-29(13-6-15-36-3)28(33)21-10-9-20(2)24(17-21)31(34)35/h4-5,7-10,12,16-17,27H,6,11,13-15,18H2,1-3H3. The van der Waals surface area contributed by atoms with Crippen LogP contribution in [0.4, 0.5) is 5.69 Å². The van der Waals surface area contributed by atoms with Gasteiger partial charge in [-0.15, -0.1) is 11.3 Å². The predicted molar refractivity (Wildman–Crippen MR) is 143 cm³/mol. The fourth-order valence-corrected chi connectivity index (χ4v) is 5.75. The van der Waals surface area contributed by atoms with Crippen molar-refractivity contribution in [2.24, 2.45) is 0 Å². The SMILES string of the molecule is COCCCN(CC(=O)N1CCc2sccc2C1c1ccccc1C)C(=O)c1ccc(C)c([N+](=O)[O-])c1. The van der Waals surface area contributed by atoms with E-state index in [1.54, 1.807) is 37.5 Å². The predicted octanol–water partition coefficient (Wildman–Crippen LogP) is 4.93. The highest BCUT2D eigenvalue weighted by Crippen LogP contribution is 2.39. The van der Waals surface area contributed by atoms with Crippen molar-refractivity contribution < 1.29 is 19.2 Å². The quantitative estimate of drug-likeness (QED) is 0.226. The summed E-state index contributed by atoms with van der Waals surface area (Å²) in [7, 11) is 1.58. The lowest BCUT2D eigenvalue weighted by molar-refractivity contribution is -0.385. The molecule has 1 aromatic heterocycles. The first kappa shape index (κ1) is 26.5. The molecule has 0 spiro atoms. The van der Waals surface area contributed by atoms with E-state index in [9.17, 15) is 19.7 Å². The van der Waals surface area contributed by atoms with E-state index in [1.165, 1.54) is 15.8 Å². The molecule has 1 aliphatic heterocycles. The molecule has 0 saturated carbocycles. The van der Waals surface area contributed by atoms with Crippen molar-refractivity contribution in [1.29, 1.82) is 0 Å². The molecule has 0 saturated heterocycles. The largest absolute Gasteiger partial charge is 0.385 e. The van der Waals surface area contributed by atoms with E-state index in [4.69, 9.17) is 4.74 Å². The zero-order valence-electron chi connectivity index (χ0n) is 21.3. The number of ether oxygens (including phenoxy) is 1. The molecular formula is C28H31N3O5S. The average Bonchev–Trinajstić information content (AvgIpc) is 3.37. The van der Waals surface area contributed by atoms with E-state index in [-0.39, 0.29) is 29.7 Å². The van der Waals surface area contributed by atoms with Gasteiger partial charge in [-0.25, -0.2) is 0 Å². The van der Waals surface area contributed by atoms with Gasteiger partial charge in [0.1, 0.15) is 6.54 Å². The Bertz CT molecular complexity index is 1300. The summed E-state index contributed by atoms with van der Waals surface area (Å²) < 4.78 is 5.16. The maximum atomic E-state index is 13.8. The molecule has 3 aromatic rings. The highest BCUT2D eigenvalue weighted by atomic mass is 32.1. The molecule has 194 valence electrons. The van der Waals surface area contributed by atoms with E-state index < -0.39 is 10.8 Å². The van der Waals surface area contributed by atoms with Gasteiger partial charge in [0, 0.05) is 48.9 Å². The molecular weight excluding hydrogens is 490 g/mol. The summed E-state index contributed by atoms with van der Waals surface area (Å²) in [6.07, 6.45) is 1.31. The van der Waals surface area contributed by atoms with Crippen molar-refractivity contribution in [3.63, 3.8) is 0 Å². The summed E-state index contributed by atoms with van der Waals surface area (Å²) in [5, 5.41) is 13.5. The minimum absolute atomic E-state index is 0.116. The number of fused-ring (bicyclic) bond motifs is 1. The number of amides is 2. The number of hydrogen-bond acceptors (Lipinski definition) is 6. The molecule has 8 nitrogen and oxygen atoms in total. The first-order valence-corrected chi connectivity index (χ1v) is 13.1. The molecule has 1 unspecified atom stereocenters. The maximum absolute atomic E-state index is 13.8. The summed E-state index contributed by atoms with van der Waals surface area (Å²) in [6.45, 7) is 4.84. The first-order valence-electron chi connectivity index (χ1n) is 12.3. The third-order valence-electron chi connectivity index (χ3n) is 6.81. The Morgan fingerprint density at radius 2 is 1.92 bits per heavy atom. The average molecular weight is 522 g/mol. The van der Waals surface area contributed by atoms with Crippen LogP contribution in [0, 0.1) is 24.0 Å². The Morgan fingerprint density at radius 1 is 1.14 bits per heavy atom. The minimum atomic E-state index is -0.495. The van der Waals surface area contributed by atoms with Gasteiger partial charge in [-0.05, 0) is 60.9 Å². The molecule has 0 bridgehead atoms. The van der Waals surface area contributed by atoms with E-state index in [2.05, 4.69) is 17.5 Å². The van der Waals surface area contributed by atoms with E-state index in [1.807, 2.05) is 30.0 Å². The molecule has 2 amide bonds. The molecule has 0 radical (unpaired) electrons. The molecule has 0 fully saturated rings. The highest BCUT2D eigenvalue weighted by Gasteiger charge is 2.34. The number of nitro groups is 1. The van der Waals surface area contributed by atoms with E-state index in [0.717, 1.165) is 23.1 Å². The molecule has 2 heterocycles. The van der Waals surface area contributed by atoms with Crippen molar-refractivity contribution >= 4 is 28.8 Å². The second-order valence-electron chi connectivity index (χ2n) is 9.23. The lowest BCUT2D eigenvalue weighted by Gasteiger charge is -2.38. The molecule has 4 rings (SSSR count). The Morgan fingerprint density at radius 3 is 2.65 bits per heavy atom. The fourth-order valence-electron chi connectivity index (χ4n) is 4.84. The molecule has 0 aliphatic carbocycles. The van der Waals surface area contributed by atoms with Crippen LogP contribution in [-0.2, 0) is 16.0 Å². The van der Waals surface area contributed by atoms with Crippen LogP contribution in [0.5, 0.6) is 0 Å². The monoisotopic (exact) mass is 521 g/mol. The number of methoxy groups -OCH3 is 1. The summed E-state index contributed by atoms with van der Waals surface area (Å²) in [4.78, 5) is 42.9. The molecule has 1 aliphatic rings. The number of hydrogen-bond donors (Lipinski definition) is 0. The van der Waals surface area contributed by atoms with Crippen LogP contribution in [0.1, 0.15) is 50.0 Å². The molecule has 9 heteroatoms. The van der Waals surface area contributed by atoms with Crippen molar-refractivity contribution in [3.05, 3.63) is 96.7 Å². The van der Waals surface area contributed by atoms with Crippen LogP contribution < -0.4 is 0 Å². The van der Waals surface area contributed by atoms with Crippen LogP contribution in [0.25, 0.3) is 0 Å². The number of benzene rings is 2. The van der Waals surface area contributed by atoms with Crippen LogP contribution in [0.3, 0.4) is 0 Å². The molecule has 37 heavy (non-hydrogen) atoms. The smallest absolute Gasteiger partial charge is 0.273 e. The van der Waals surface area contributed by atoms with Gasteiger partial charge >= 0.3 is 0 Å². The van der Waals surface area contributed by atoms with E-state index >= 15 is 0 Å². The Hall–Kier alpha value is -3.56. The second kappa shape index (κ2) is 11.7. The van der Waals surface area contributed by atoms with Gasteiger partial charge in [-0.1, -0.05) is 30.3 Å². The fraction of sp³-hybridized carbons (Fsp3) is 0.357. The van der Waals surface area contributed by atoms with Crippen molar-refractivity contribution in [3.8, 4) is 0 Å². The third kappa shape index (κ3) is 5.73. The Balaban J connectivity index is 1.63. The number of nitrogens with zero attached hydrogens (tertiary/aromatic N) is 3. The number of rotatable bonds is 9. The van der Waals surface area contributed by atoms with Gasteiger partial charge in [-0.2, -0.15) is 0 Å². The first-order chi connectivity index (χ1) is 17.8. The summed E-state index contributed by atoms with van der Waals surface area (Å²) >= 11 is 1.71. The maximum Gasteiger partial charge on any atom is 0.273 e. The van der Waals surface area contributed by atoms with Gasteiger partial charge in [0.05, 0.1) is 11.0 Å². The van der Waals surface area contributed by atoms with Gasteiger partial charge in [0.25, 0.3) is 11.6 Å². The Labute approximate surface area is 220 Å². The van der Waals surface area contributed by atoms with Crippen molar-refractivity contribution in [2.45, 2.75) is 32.7 Å². The molecule has 0 N–H and O–H groups in total. The van der Waals surface area contributed by atoms with Crippen LogP contribution in [0.15, 0.2) is 53.9 Å². The van der Waals surface area contributed by atoms with Crippen molar-refractivity contribution in [2.75, 3.05) is 33.4 Å². The topological polar surface area (TPSA) is 93.0 Å². The lowest BCUT2D eigenvalue weighted by atomic mass is 9.90. The summed E-state index contributed by atoms with van der Waals surface area (Å²) in [5.74, 6) is -0.564. The second-order valence-corrected chi connectivity index (χ2v) is 10.2. The Kier molecular flexibility index (Phi) is 8.35. The lowest BCUT2D eigenvalue weighted by Crippen LogP contribution is -2.47. The van der Waals surface area contributed by atoms with Gasteiger partial charge < -0.3 is 14.5 Å². The number of aryl methyl sites for hydroxylation is 2. The minimum Gasteiger partial charge on any atom is -0.385 e. The molecule has 1 atom stereocenters. The third-order valence-corrected chi connectivity index (χ3v) is 7.81. The highest BCUT2D eigenvalue weighted by molar-refractivity contribution is 7.10. The number of carbonyl (C=O) groups excluding carboxylic acids is 2. The van der Waals surface area contributed by atoms with Crippen LogP contribution in [-0.4, -0.2) is 59.9 Å². The number of nitro benzene ring substituents is 1.